The number of likely N-dealkylation sites (tertiary alicyclic amines) is 1. The summed E-state index contributed by atoms with van der Waals surface area (Å²) in [7, 11) is 0. The smallest absolute Gasteiger partial charge is 0.247 e. The Morgan fingerprint density at radius 1 is 0.906 bits per heavy atom. The van der Waals surface area contributed by atoms with Crippen molar-refractivity contribution in [1.29, 1.82) is 0 Å². The minimum atomic E-state index is -0.436. The average Bonchev–Trinajstić information content (AvgIpc) is 3.15. The van der Waals surface area contributed by atoms with Gasteiger partial charge in [-0.2, -0.15) is 0 Å². The predicted molar refractivity (Wildman–Crippen MR) is 125 cm³/mol. The molecule has 2 aromatic carbocycles. The van der Waals surface area contributed by atoms with Crippen molar-refractivity contribution < 1.29 is 9.53 Å². The Morgan fingerprint density at radius 2 is 1.62 bits per heavy atom. The lowest BCUT2D eigenvalue weighted by Gasteiger charge is -2.50. The summed E-state index contributed by atoms with van der Waals surface area (Å²) in [4.78, 5) is 18.0. The van der Waals surface area contributed by atoms with Crippen molar-refractivity contribution in [2.45, 2.75) is 49.3 Å². The highest BCUT2D eigenvalue weighted by Crippen LogP contribution is 2.47. The van der Waals surface area contributed by atoms with Crippen LogP contribution in [0.1, 0.15) is 43.7 Å². The van der Waals surface area contributed by atoms with Crippen molar-refractivity contribution in [1.82, 2.24) is 15.5 Å². The standard InChI is InChI=1S/C26H32N4O2/c31-24-26(30(19-28-24)20-6-2-1-3-7-20)12-16-29(17-13-26)22-18-25(10-14-27-15-11-25)32-23-9-5-4-8-21(22)23/h1-9,22,27H,10-19H2,(H,28,31)/t22-/m0/s1. The minimum Gasteiger partial charge on any atom is -0.487 e. The van der Waals surface area contributed by atoms with Crippen LogP contribution in [0.15, 0.2) is 54.6 Å². The molecule has 4 aliphatic rings. The van der Waals surface area contributed by atoms with Crippen molar-refractivity contribution >= 4 is 11.6 Å². The van der Waals surface area contributed by atoms with E-state index in [1.807, 2.05) is 6.07 Å². The van der Waals surface area contributed by atoms with Gasteiger partial charge in [-0.15, -0.1) is 0 Å². The van der Waals surface area contributed by atoms with E-state index in [9.17, 15) is 4.79 Å². The summed E-state index contributed by atoms with van der Waals surface area (Å²) in [5, 5.41) is 6.62. The molecule has 0 saturated carbocycles. The van der Waals surface area contributed by atoms with E-state index in [2.05, 4.69) is 69.0 Å². The number of hydrogen-bond donors (Lipinski definition) is 2. The molecule has 3 saturated heterocycles. The number of nitrogens with zero attached hydrogens (tertiary/aromatic N) is 2. The molecule has 3 fully saturated rings. The van der Waals surface area contributed by atoms with Crippen LogP contribution >= 0.6 is 0 Å². The fraction of sp³-hybridized carbons (Fsp3) is 0.500. The number of carbonyl (C=O) groups is 1. The normalized spacial score (nSPS) is 26.6. The first-order chi connectivity index (χ1) is 15.7. The zero-order valence-electron chi connectivity index (χ0n) is 18.6. The Labute approximate surface area is 189 Å². The Morgan fingerprint density at radius 3 is 2.41 bits per heavy atom. The summed E-state index contributed by atoms with van der Waals surface area (Å²) in [6.45, 7) is 4.47. The van der Waals surface area contributed by atoms with Gasteiger partial charge in [-0.05, 0) is 57.0 Å². The number of amides is 1. The molecule has 0 bridgehead atoms. The number of piperidine rings is 2. The molecular weight excluding hydrogens is 400 g/mol. The maximum Gasteiger partial charge on any atom is 0.247 e. The fourth-order valence-corrected chi connectivity index (χ4v) is 6.34. The molecule has 0 aromatic heterocycles. The monoisotopic (exact) mass is 432 g/mol. The quantitative estimate of drug-likeness (QED) is 0.764. The first kappa shape index (κ1) is 20.1. The van der Waals surface area contributed by atoms with Crippen LogP contribution in [-0.4, -0.2) is 54.8 Å². The van der Waals surface area contributed by atoms with Gasteiger partial charge in [0.2, 0.25) is 5.91 Å². The molecule has 168 valence electrons. The van der Waals surface area contributed by atoms with Gasteiger partial charge in [-0.1, -0.05) is 36.4 Å². The lowest BCUT2D eigenvalue weighted by Crippen LogP contribution is -2.58. The first-order valence-corrected chi connectivity index (χ1v) is 12.0. The van der Waals surface area contributed by atoms with E-state index < -0.39 is 5.54 Å². The highest BCUT2D eigenvalue weighted by atomic mass is 16.5. The Bertz CT molecular complexity index is 980. The number of anilines is 1. The largest absolute Gasteiger partial charge is 0.487 e. The second-order valence-electron chi connectivity index (χ2n) is 9.79. The summed E-state index contributed by atoms with van der Waals surface area (Å²) < 4.78 is 6.63. The molecule has 6 heteroatoms. The van der Waals surface area contributed by atoms with Gasteiger partial charge in [0, 0.05) is 36.8 Å². The van der Waals surface area contributed by atoms with Crippen molar-refractivity contribution in [2.24, 2.45) is 0 Å². The Balaban J connectivity index is 1.26. The number of hydrogen-bond acceptors (Lipinski definition) is 5. The van der Waals surface area contributed by atoms with E-state index in [0.717, 1.165) is 69.7 Å². The van der Waals surface area contributed by atoms with E-state index in [0.29, 0.717) is 12.7 Å². The summed E-state index contributed by atoms with van der Waals surface area (Å²) in [6, 6.07) is 19.3. The molecule has 1 amide bonds. The molecule has 2 N–H and O–H groups in total. The lowest BCUT2D eigenvalue weighted by molar-refractivity contribution is -0.125. The zero-order valence-corrected chi connectivity index (χ0v) is 18.6. The van der Waals surface area contributed by atoms with Crippen molar-refractivity contribution in [3.63, 3.8) is 0 Å². The van der Waals surface area contributed by atoms with Gasteiger partial charge in [-0.3, -0.25) is 9.69 Å². The maximum absolute atomic E-state index is 13.1. The molecule has 2 aromatic rings. The number of carbonyl (C=O) groups excluding carboxylic acids is 1. The molecular formula is C26H32N4O2. The second-order valence-corrected chi connectivity index (χ2v) is 9.79. The van der Waals surface area contributed by atoms with Crippen LogP contribution in [0.25, 0.3) is 0 Å². The minimum absolute atomic E-state index is 0.0692. The molecule has 2 spiro atoms. The number of nitrogens with one attached hydrogen (secondary N) is 2. The highest BCUT2D eigenvalue weighted by molar-refractivity contribution is 5.93. The SMILES string of the molecule is O=C1NCN(c2ccccc2)C12CCN([C@H]1CC3(CCNCC3)Oc3ccccc31)CC2. The third kappa shape index (κ3) is 3.20. The topological polar surface area (TPSA) is 56.8 Å². The number of ether oxygens (including phenoxy) is 1. The zero-order chi connectivity index (χ0) is 21.6. The van der Waals surface area contributed by atoms with Crippen LogP contribution in [0.4, 0.5) is 5.69 Å². The first-order valence-electron chi connectivity index (χ1n) is 12.0. The summed E-state index contributed by atoms with van der Waals surface area (Å²) >= 11 is 0. The molecule has 6 nitrogen and oxygen atoms in total. The van der Waals surface area contributed by atoms with Gasteiger partial charge >= 0.3 is 0 Å². The number of para-hydroxylation sites is 2. The van der Waals surface area contributed by atoms with Gasteiger partial charge in [0.25, 0.3) is 0 Å². The molecule has 0 aliphatic carbocycles. The second kappa shape index (κ2) is 7.78. The van der Waals surface area contributed by atoms with E-state index in [1.54, 1.807) is 0 Å². The number of rotatable bonds is 2. The third-order valence-electron chi connectivity index (χ3n) is 8.16. The summed E-state index contributed by atoms with van der Waals surface area (Å²) in [6.07, 6.45) is 4.84. The van der Waals surface area contributed by atoms with E-state index >= 15 is 0 Å². The molecule has 6 rings (SSSR count). The Hall–Kier alpha value is -2.57. The highest BCUT2D eigenvalue weighted by Gasteiger charge is 2.52. The van der Waals surface area contributed by atoms with Gasteiger partial charge in [0.1, 0.15) is 16.9 Å². The van der Waals surface area contributed by atoms with Crippen molar-refractivity contribution in [3.05, 3.63) is 60.2 Å². The summed E-state index contributed by atoms with van der Waals surface area (Å²) in [5.74, 6) is 1.23. The van der Waals surface area contributed by atoms with Gasteiger partial charge in [-0.25, -0.2) is 0 Å². The Kier molecular flexibility index (Phi) is 4.88. The van der Waals surface area contributed by atoms with Gasteiger partial charge in [0.05, 0.1) is 6.67 Å². The molecule has 0 radical (unpaired) electrons. The van der Waals surface area contributed by atoms with E-state index in [-0.39, 0.29) is 11.5 Å². The van der Waals surface area contributed by atoms with Crippen LogP contribution in [0, 0.1) is 0 Å². The van der Waals surface area contributed by atoms with Crippen molar-refractivity contribution in [3.8, 4) is 5.75 Å². The van der Waals surface area contributed by atoms with Crippen LogP contribution in [0.5, 0.6) is 5.75 Å². The van der Waals surface area contributed by atoms with Gasteiger partial charge < -0.3 is 20.3 Å². The van der Waals surface area contributed by atoms with Gasteiger partial charge in [0.15, 0.2) is 0 Å². The maximum atomic E-state index is 13.1. The van der Waals surface area contributed by atoms with Crippen molar-refractivity contribution in [2.75, 3.05) is 37.7 Å². The average molecular weight is 433 g/mol. The van der Waals surface area contributed by atoms with Crippen LogP contribution in [0.2, 0.25) is 0 Å². The van der Waals surface area contributed by atoms with Crippen LogP contribution in [-0.2, 0) is 4.79 Å². The molecule has 32 heavy (non-hydrogen) atoms. The predicted octanol–water partition coefficient (Wildman–Crippen LogP) is 3.06. The van der Waals surface area contributed by atoms with E-state index in [1.165, 1.54) is 5.56 Å². The number of benzene rings is 2. The van der Waals surface area contributed by atoms with E-state index in [4.69, 9.17) is 4.74 Å². The van der Waals surface area contributed by atoms with Crippen LogP contribution < -0.4 is 20.3 Å². The third-order valence-corrected chi connectivity index (χ3v) is 8.16. The lowest BCUT2D eigenvalue weighted by atomic mass is 9.78. The molecule has 1 atom stereocenters. The summed E-state index contributed by atoms with van der Waals surface area (Å²) in [5.41, 5.74) is 1.93. The fourth-order valence-electron chi connectivity index (χ4n) is 6.34. The molecule has 4 heterocycles. The number of fused-ring (bicyclic) bond motifs is 1. The van der Waals surface area contributed by atoms with Crippen LogP contribution in [0.3, 0.4) is 0 Å². The molecule has 4 aliphatic heterocycles. The molecule has 0 unspecified atom stereocenters.